The van der Waals surface area contributed by atoms with Crippen LogP contribution in [0.15, 0.2) is 52.2 Å². The third-order valence-electron chi connectivity index (χ3n) is 5.51. The van der Waals surface area contributed by atoms with Crippen molar-refractivity contribution in [3.05, 3.63) is 79.7 Å². The van der Waals surface area contributed by atoms with Gasteiger partial charge in [-0.25, -0.2) is 18.6 Å². The van der Waals surface area contributed by atoms with Gasteiger partial charge < -0.3 is 9.67 Å². The molecule has 0 amide bonds. The number of aromatic nitrogens is 5. The molecule has 0 saturated heterocycles. The van der Waals surface area contributed by atoms with E-state index in [1.54, 1.807) is 22.8 Å². The van der Waals surface area contributed by atoms with Gasteiger partial charge in [0.15, 0.2) is 11.2 Å². The first-order chi connectivity index (χ1) is 16.1. The van der Waals surface area contributed by atoms with E-state index in [2.05, 4.69) is 9.97 Å². The van der Waals surface area contributed by atoms with E-state index in [1.807, 2.05) is 0 Å². The third-order valence-corrected chi connectivity index (χ3v) is 5.73. The van der Waals surface area contributed by atoms with Crippen LogP contribution in [0.5, 0.6) is 0 Å². The standard InChI is InChI=1S/C23H22ClF2N5O3/c1-23(25,26)15-6-3-5-14(11-15)19-28-20-18(31(19)13-17-8-7-16(24)12-27-17)21(33)30(9-4-10-32)22(34)29(20)2/h3,5-8,11-12,32H,4,9-10,13H2,1-2H3. The molecule has 0 radical (unpaired) electrons. The Balaban J connectivity index is 2.03. The van der Waals surface area contributed by atoms with Gasteiger partial charge in [0.25, 0.3) is 11.5 Å². The number of imidazole rings is 1. The Labute approximate surface area is 197 Å². The summed E-state index contributed by atoms with van der Waals surface area (Å²) < 4.78 is 31.9. The largest absolute Gasteiger partial charge is 0.396 e. The molecule has 178 valence electrons. The molecule has 0 aliphatic rings. The number of aliphatic hydroxyl groups excluding tert-OH is 1. The predicted octanol–water partition coefficient (Wildman–Crippen LogP) is 3.15. The van der Waals surface area contributed by atoms with Crippen LogP contribution in [0.1, 0.15) is 24.6 Å². The average Bonchev–Trinajstić information content (AvgIpc) is 3.18. The molecule has 1 N–H and O–H groups in total. The number of benzene rings is 1. The molecule has 0 aliphatic carbocycles. The number of aliphatic hydroxyl groups is 1. The fraction of sp³-hybridized carbons (Fsp3) is 0.304. The van der Waals surface area contributed by atoms with Gasteiger partial charge in [0.2, 0.25) is 0 Å². The molecule has 0 saturated carbocycles. The van der Waals surface area contributed by atoms with E-state index in [1.165, 1.54) is 36.0 Å². The molecule has 0 spiro atoms. The maximum Gasteiger partial charge on any atom is 0.332 e. The normalized spacial score (nSPS) is 11.9. The second kappa shape index (κ2) is 9.11. The SMILES string of the molecule is Cn1c(=O)n(CCCO)c(=O)c2c1nc(-c1cccc(C(C)(F)F)c1)n2Cc1ccc(Cl)cn1. The van der Waals surface area contributed by atoms with E-state index in [0.29, 0.717) is 16.3 Å². The summed E-state index contributed by atoms with van der Waals surface area (Å²) in [5.41, 5.74) is -0.220. The molecule has 34 heavy (non-hydrogen) atoms. The van der Waals surface area contributed by atoms with Gasteiger partial charge in [0, 0.05) is 44.4 Å². The van der Waals surface area contributed by atoms with Gasteiger partial charge in [-0.15, -0.1) is 0 Å². The molecule has 0 aliphatic heterocycles. The molecular weight excluding hydrogens is 468 g/mol. The van der Waals surface area contributed by atoms with Gasteiger partial charge >= 0.3 is 5.69 Å². The Morgan fingerprint density at radius 1 is 1.15 bits per heavy atom. The van der Waals surface area contributed by atoms with E-state index in [9.17, 15) is 23.5 Å². The van der Waals surface area contributed by atoms with Gasteiger partial charge in [-0.2, -0.15) is 0 Å². The number of hydrogen-bond donors (Lipinski definition) is 1. The average molecular weight is 490 g/mol. The predicted molar refractivity (Wildman–Crippen MR) is 124 cm³/mol. The highest BCUT2D eigenvalue weighted by Gasteiger charge is 2.26. The van der Waals surface area contributed by atoms with Crippen LogP contribution in [-0.2, 0) is 26.1 Å². The number of pyridine rings is 1. The molecule has 0 fully saturated rings. The molecule has 1 aromatic carbocycles. The van der Waals surface area contributed by atoms with Crippen molar-refractivity contribution in [1.82, 2.24) is 23.7 Å². The lowest BCUT2D eigenvalue weighted by molar-refractivity contribution is 0.0175. The smallest absolute Gasteiger partial charge is 0.332 e. The zero-order chi connectivity index (χ0) is 24.6. The summed E-state index contributed by atoms with van der Waals surface area (Å²) in [4.78, 5) is 35.0. The minimum atomic E-state index is -3.07. The molecule has 3 heterocycles. The van der Waals surface area contributed by atoms with Crippen molar-refractivity contribution in [2.75, 3.05) is 6.61 Å². The first-order valence-corrected chi connectivity index (χ1v) is 10.9. The summed E-state index contributed by atoms with van der Waals surface area (Å²) in [7, 11) is 1.48. The van der Waals surface area contributed by atoms with Crippen LogP contribution in [0.25, 0.3) is 22.6 Å². The lowest BCUT2D eigenvalue weighted by Crippen LogP contribution is -2.40. The van der Waals surface area contributed by atoms with E-state index < -0.39 is 17.2 Å². The number of alkyl halides is 2. The fourth-order valence-electron chi connectivity index (χ4n) is 3.77. The van der Waals surface area contributed by atoms with Gasteiger partial charge in [0.1, 0.15) is 5.82 Å². The summed E-state index contributed by atoms with van der Waals surface area (Å²) in [6.45, 7) is 0.722. The highest BCUT2D eigenvalue weighted by Crippen LogP contribution is 2.31. The lowest BCUT2D eigenvalue weighted by Gasteiger charge is -2.13. The Kier molecular flexibility index (Phi) is 6.37. The van der Waals surface area contributed by atoms with Gasteiger partial charge in [-0.05, 0) is 24.6 Å². The first kappa shape index (κ1) is 23.8. The van der Waals surface area contributed by atoms with Crippen molar-refractivity contribution in [3.63, 3.8) is 0 Å². The summed E-state index contributed by atoms with van der Waals surface area (Å²) in [5.74, 6) is -2.83. The number of hydrogen-bond acceptors (Lipinski definition) is 5. The molecule has 0 atom stereocenters. The van der Waals surface area contributed by atoms with Crippen LogP contribution in [-0.4, -0.2) is 35.4 Å². The van der Waals surface area contributed by atoms with Crippen molar-refractivity contribution in [2.24, 2.45) is 7.05 Å². The molecule has 11 heteroatoms. The summed E-state index contributed by atoms with van der Waals surface area (Å²) in [5, 5.41) is 9.62. The second-order valence-corrected chi connectivity index (χ2v) is 8.44. The molecule has 0 bridgehead atoms. The molecule has 4 aromatic rings. The number of nitrogens with zero attached hydrogens (tertiary/aromatic N) is 5. The minimum Gasteiger partial charge on any atom is -0.396 e. The first-order valence-electron chi connectivity index (χ1n) is 10.5. The maximum absolute atomic E-state index is 14.0. The van der Waals surface area contributed by atoms with E-state index >= 15 is 0 Å². The van der Waals surface area contributed by atoms with Crippen molar-refractivity contribution in [2.45, 2.75) is 32.4 Å². The van der Waals surface area contributed by atoms with Gasteiger partial charge in [0.05, 0.1) is 17.3 Å². The zero-order valence-electron chi connectivity index (χ0n) is 18.5. The molecule has 8 nitrogen and oxygen atoms in total. The maximum atomic E-state index is 14.0. The van der Waals surface area contributed by atoms with Gasteiger partial charge in [-0.1, -0.05) is 29.8 Å². The molecule has 3 aromatic heterocycles. The Morgan fingerprint density at radius 2 is 1.91 bits per heavy atom. The number of fused-ring (bicyclic) bond motifs is 1. The van der Waals surface area contributed by atoms with Crippen molar-refractivity contribution < 1.29 is 13.9 Å². The van der Waals surface area contributed by atoms with E-state index in [-0.39, 0.29) is 48.7 Å². The van der Waals surface area contributed by atoms with Crippen LogP contribution in [0.3, 0.4) is 0 Å². The highest BCUT2D eigenvalue weighted by molar-refractivity contribution is 6.30. The fourth-order valence-corrected chi connectivity index (χ4v) is 3.88. The monoisotopic (exact) mass is 489 g/mol. The molecule has 0 unspecified atom stereocenters. The Morgan fingerprint density at radius 3 is 2.56 bits per heavy atom. The van der Waals surface area contributed by atoms with Crippen LogP contribution in [0.2, 0.25) is 5.02 Å². The number of halogens is 3. The summed E-state index contributed by atoms with van der Waals surface area (Å²) in [6, 6.07) is 9.07. The van der Waals surface area contributed by atoms with Crippen LogP contribution < -0.4 is 11.2 Å². The second-order valence-electron chi connectivity index (χ2n) is 8.01. The van der Waals surface area contributed by atoms with Crippen molar-refractivity contribution in [1.29, 1.82) is 0 Å². The van der Waals surface area contributed by atoms with E-state index in [4.69, 9.17) is 11.6 Å². The molecule has 4 rings (SSSR count). The molecular formula is C23H22ClF2N5O3. The lowest BCUT2D eigenvalue weighted by atomic mass is 10.1. The summed E-state index contributed by atoms with van der Waals surface area (Å²) in [6.07, 6.45) is 1.68. The van der Waals surface area contributed by atoms with Gasteiger partial charge in [-0.3, -0.25) is 18.9 Å². The number of aryl methyl sites for hydroxylation is 1. The van der Waals surface area contributed by atoms with Crippen molar-refractivity contribution >= 4 is 22.8 Å². The van der Waals surface area contributed by atoms with Crippen LogP contribution in [0.4, 0.5) is 8.78 Å². The Hall–Kier alpha value is -3.37. The quantitative estimate of drug-likeness (QED) is 0.430. The van der Waals surface area contributed by atoms with Crippen LogP contribution in [0, 0.1) is 0 Å². The summed E-state index contributed by atoms with van der Waals surface area (Å²) >= 11 is 5.94. The van der Waals surface area contributed by atoms with E-state index in [0.717, 1.165) is 11.5 Å². The van der Waals surface area contributed by atoms with Crippen molar-refractivity contribution in [3.8, 4) is 11.4 Å². The minimum absolute atomic E-state index is 0.0230. The van der Waals surface area contributed by atoms with Crippen LogP contribution >= 0.6 is 11.6 Å². The zero-order valence-corrected chi connectivity index (χ0v) is 19.3. The topological polar surface area (TPSA) is 94.9 Å². The third kappa shape index (κ3) is 4.38. The number of rotatable bonds is 7. The highest BCUT2D eigenvalue weighted by atomic mass is 35.5. The Bertz CT molecular complexity index is 1470.